The summed E-state index contributed by atoms with van der Waals surface area (Å²) < 4.78 is 24.5. The van der Waals surface area contributed by atoms with Crippen molar-refractivity contribution in [3.05, 3.63) is 48.0 Å². The van der Waals surface area contributed by atoms with Gasteiger partial charge in [-0.25, -0.2) is 13.4 Å². The fraction of sp³-hybridized carbons (Fsp3) is 0.364. The molecule has 0 atom stereocenters. The zero-order valence-electron chi connectivity index (χ0n) is 18.6. The molecule has 1 aromatic heterocycles. The fourth-order valence-electron chi connectivity index (χ4n) is 3.20. The van der Waals surface area contributed by atoms with Gasteiger partial charge in [0, 0.05) is 29.8 Å². The van der Waals surface area contributed by atoms with Crippen molar-refractivity contribution in [1.29, 1.82) is 0 Å². The van der Waals surface area contributed by atoms with Gasteiger partial charge in [0.25, 0.3) is 5.91 Å². The van der Waals surface area contributed by atoms with Crippen LogP contribution in [-0.2, 0) is 9.84 Å². The Morgan fingerprint density at radius 3 is 2.28 bits per heavy atom. The third-order valence-corrected chi connectivity index (χ3v) is 8.02. The number of hydrogen-bond donors (Lipinski definition) is 0. The SMILES string of the molecule is CCN(CC)CCN(C(=O)c1ccc(S(C)(=O)=O)cc1)c1nc2ccc(SC)cc2s1.Cl. The topological polar surface area (TPSA) is 70.6 Å². The summed E-state index contributed by atoms with van der Waals surface area (Å²) in [5.41, 5.74) is 1.31. The first-order valence-corrected chi connectivity index (χ1v) is 14.0. The van der Waals surface area contributed by atoms with Crippen LogP contribution >= 0.6 is 35.5 Å². The van der Waals surface area contributed by atoms with Crippen LogP contribution in [0.1, 0.15) is 24.2 Å². The van der Waals surface area contributed by atoms with Gasteiger partial charge in [-0.3, -0.25) is 9.69 Å². The number of fused-ring (bicyclic) bond motifs is 1. The second-order valence-electron chi connectivity index (χ2n) is 7.11. The summed E-state index contributed by atoms with van der Waals surface area (Å²) in [5, 5.41) is 0.651. The summed E-state index contributed by atoms with van der Waals surface area (Å²) in [5.74, 6) is -0.184. The lowest BCUT2D eigenvalue weighted by Gasteiger charge is -2.24. The number of sulfone groups is 1. The summed E-state index contributed by atoms with van der Waals surface area (Å²) >= 11 is 3.17. The maximum Gasteiger partial charge on any atom is 0.260 e. The molecule has 0 spiro atoms. The maximum absolute atomic E-state index is 13.4. The zero-order valence-corrected chi connectivity index (χ0v) is 21.8. The third-order valence-electron chi connectivity index (χ3n) is 5.12. The van der Waals surface area contributed by atoms with Crippen LogP contribution in [0.5, 0.6) is 0 Å². The van der Waals surface area contributed by atoms with Crippen LogP contribution in [-0.4, -0.2) is 62.9 Å². The Morgan fingerprint density at radius 2 is 1.72 bits per heavy atom. The van der Waals surface area contributed by atoms with Crippen molar-refractivity contribution in [1.82, 2.24) is 9.88 Å². The molecule has 0 N–H and O–H groups in total. The number of halogens is 1. The summed E-state index contributed by atoms with van der Waals surface area (Å²) in [6.07, 6.45) is 3.19. The number of benzene rings is 2. The molecule has 0 aliphatic heterocycles. The van der Waals surface area contributed by atoms with Gasteiger partial charge < -0.3 is 4.90 Å². The van der Waals surface area contributed by atoms with Crippen molar-refractivity contribution in [3.63, 3.8) is 0 Å². The maximum atomic E-state index is 13.4. The van der Waals surface area contributed by atoms with Gasteiger partial charge in [0.2, 0.25) is 0 Å². The largest absolute Gasteiger partial charge is 0.302 e. The van der Waals surface area contributed by atoms with E-state index < -0.39 is 9.84 Å². The predicted octanol–water partition coefficient (Wildman–Crippen LogP) is 4.83. The van der Waals surface area contributed by atoms with E-state index in [1.54, 1.807) is 28.8 Å². The van der Waals surface area contributed by atoms with Gasteiger partial charge in [-0.1, -0.05) is 25.2 Å². The van der Waals surface area contributed by atoms with E-state index in [2.05, 4.69) is 24.8 Å². The molecule has 0 aliphatic rings. The predicted molar refractivity (Wildman–Crippen MR) is 138 cm³/mol. The Hall–Kier alpha value is -1.65. The van der Waals surface area contributed by atoms with Gasteiger partial charge in [0.15, 0.2) is 15.0 Å². The number of carbonyl (C=O) groups excluding carboxylic acids is 1. The standard InChI is InChI=1S/C22H27N3O3S3.ClH/c1-5-24(6-2)13-14-25(21(26)16-7-10-18(11-8-16)31(4,27)28)22-23-19-12-9-17(29-3)15-20(19)30-22;/h7-12,15H,5-6,13-14H2,1-4H3;1H. The minimum Gasteiger partial charge on any atom is -0.302 e. The zero-order chi connectivity index (χ0) is 22.6. The Labute approximate surface area is 204 Å². The van der Waals surface area contributed by atoms with Crippen molar-refractivity contribution in [2.75, 3.05) is 43.6 Å². The summed E-state index contributed by atoms with van der Waals surface area (Å²) in [4.78, 5) is 23.4. The van der Waals surface area contributed by atoms with Crippen LogP contribution in [0.3, 0.4) is 0 Å². The Balaban J connectivity index is 0.00000363. The van der Waals surface area contributed by atoms with Crippen LogP contribution in [0.2, 0.25) is 0 Å². The molecule has 1 heterocycles. The first-order chi connectivity index (χ1) is 14.8. The van der Waals surface area contributed by atoms with E-state index in [0.29, 0.717) is 17.2 Å². The molecule has 0 fully saturated rings. The van der Waals surface area contributed by atoms with Gasteiger partial charge >= 0.3 is 0 Å². The van der Waals surface area contributed by atoms with Crippen molar-refractivity contribution in [2.24, 2.45) is 0 Å². The Bertz CT molecular complexity index is 1160. The Kier molecular flexibility index (Phi) is 9.53. The number of rotatable bonds is 9. The minimum absolute atomic E-state index is 0. The number of hydrogen-bond acceptors (Lipinski definition) is 7. The number of thiazole rings is 1. The molecule has 3 aromatic rings. The van der Waals surface area contributed by atoms with E-state index in [9.17, 15) is 13.2 Å². The summed E-state index contributed by atoms with van der Waals surface area (Å²) in [6.45, 7) is 7.23. The second-order valence-corrected chi connectivity index (χ2v) is 11.0. The molecule has 0 saturated heterocycles. The molecule has 174 valence electrons. The monoisotopic (exact) mass is 513 g/mol. The highest BCUT2D eigenvalue weighted by Gasteiger charge is 2.22. The van der Waals surface area contributed by atoms with Gasteiger partial charge in [-0.2, -0.15) is 0 Å². The molecule has 6 nitrogen and oxygen atoms in total. The van der Waals surface area contributed by atoms with E-state index >= 15 is 0 Å². The average molecular weight is 514 g/mol. The smallest absolute Gasteiger partial charge is 0.260 e. The van der Waals surface area contributed by atoms with E-state index in [0.717, 1.165) is 41.0 Å². The average Bonchev–Trinajstić information content (AvgIpc) is 3.18. The number of carbonyl (C=O) groups is 1. The lowest BCUT2D eigenvalue weighted by Crippen LogP contribution is -2.38. The first-order valence-electron chi connectivity index (χ1n) is 10.1. The Morgan fingerprint density at radius 1 is 1.06 bits per heavy atom. The molecule has 0 radical (unpaired) electrons. The van der Waals surface area contributed by atoms with Crippen LogP contribution < -0.4 is 4.90 Å². The third kappa shape index (κ3) is 6.23. The molecule has 0 bridgehead atoms. The first kappa shape index (κ1) is 26.6. The number of anilines is 1. The van der Waals surface area contributed by atoms with Crippen molar-refractivity contribution < 1.29 is 13.2 Å². The molecule has 1 amide bonds. The van der Waals surface area contributed by atoms with Gasteiger partial charge in [0.1, 0.15) is 0 Å². The second kappa shape index (κ2) is 11.5. The van der Waals surface area contributed by atoms with E-state index in [1.807, 2.05) is 18.4 Å². The number of thioether (sulfide) groups is 1. The number of nitrogens with zero attached hydrogens (tertiary/aromatic N) is 3. The quantitative estimate of drug-likeness (QED) is 0.381. The highest BCUT2D eigenvalue weighted by molar-refractivity contribution is 7.98. The molecule has 0 aliphatic carbocycles. The molecule has 3 rings (SSSR count). The summed E-state index contributed by atoms with van der Waals surface area (Å²) in [6, 6.07) is 12.2. The number of likely N-dealkylation sites (N-methyl/N-ethyl adjacent to an activating group) is 1. The van der Waals surface area contributed by atoms with Crippen molar-refractivity contribution >= 4 is 66.6 Å². The van der Waals surface area contributed by atoms with E-state index in [1.165, 1.54) is 23.5 Å². The van der Waals surface area contributed by atoms with Crippen LogP contribution in [0.25, 0.3) is 10.2 Å². The van der Waals surface area contributed by atoms with Crippen LogP contribution in [0, 0.1) is 0 Å². The van der Waals surface area contributed by atoms with Crippen LogP contribution in [0.4, 0.5) is 5.13 Å². The van der Waals surface area contributed by atoms with Crippen molar-refractivity contribution in [3.8, 4) is 0 Å². The molecule has 0 unspecified atom stereocenters. The van der Waals surface area contributed by atoms with E-state index in [4.69, 9.17) is 4.98 Å². The normalized spacial score (nSPS) is 11.5. The molecular weight excluding hydrogens is 486 g/mol. The number of aromatic nitrogens is 1. The molecule has 0 saturated carbocycles. The highest BCUT2D eigenvalue weighted by atomic mass is 35.5. The van der Waals surface area contributed by atoms with Gasteiger partial charge in [-0.05, 0) is 61.8 Å². The van der Waals surface area contributed by atoms with Gasteiger partial charge in [-0.15, -0.1) is 24.2 Å². The number of amides is 1. The molecule has 2 aromatic carbocycles. The highest BCUT2D eigenvalue weighted by Crippen LogP contribution is 2.32. The van der Waals surface area contributed by atoms with Crippen LogP contribution in [0.15, 0.2) is 52.3 Å². The lowest BCUT2D eigenvalue weighted by atomic mass is 10.2. The van der Waals surface area contributed by atoms with E-state index in [-0.39, 0.29) is 23.2 Å². The van der Waals surface area contributed by atoms with Crippen molar-refractivity contribution in [2.45, 2.75) is 23.6 Å². The molecule has 10 heteroatoms. The minimum atomic E-state index is -3.31. The van der Waals surface area contributed by atoms with Gasteiger partial charge in [0.05, 0.1) is 15.1 Å². The molecular formula is C22H28ClN3O3S3. The molecule has 32 heavy (non-hydrogen) atoms. The summed E-state index contributed by atoms with van der Waals surface area (Å²) in [7, 11) is -3.31. The lowest BCUT2D eigenvalue weighted by molar-refractivity contribution is 0.0983. The fourth-order valence-corrected chi connectivity index (χ4v) is 5.38.